The Balaban J connectivity index is 0.00000264. The van der Waals surface area contributed by atoms with Crippen molar-refractivity contribution in [2.24, 2.45) is 5.50 Å². The first-order chi connectivity index (χ1) is 10.5. The van der Waals surface area contributed by atoms with Crippen molar-refractivity contribution in [3.63, 3.8) is 0 Å². The molecular formula is C16H29ClN5P. The number of imidazole rings is 1. The number of hydrogen-bond donors (Lipinski definition) is 1. The van der Waals surface area contributed by atoms with E-state index in [0.29, 0.717) is 0 Å². The second kappa shape index (κ2) is 8.41. The minimum atomic E-state index is -2.11. The minimum absolute atomic E-state index is 0. The summed E-state index contributed by atoms with van der Waals surface area (Å²) in [4.78, 5) is 4.74. The van der Waals surface area contributed by atoms with Gasteiger partial charge in [-0.05, 0) is 46.8 Å². The van der Waals surface area contributed by atoms with Gasteiger partial charge in [-0.15, -0.1) is 9.34 Å². The van der Waals surface area contributed by atoms with Crippen LogP contribution in [0.1, 0.15) is 33.4 Å². The average Bonchev–Trinajstić information content (AvgIpc) is 2.85. The van der Waals surface area contributed by atoms with Crippen molar-refractivity contribution in [3.8, 4) is 0 Å². The van der Waals surface area contributed by atoms with E-state index in [9.17, 15) is 0 Å². The number of aryl methyl sites for hydroxylation is 1. The lowest BCUT2D eigenvalue weighted by Gasteiger charge is -2.37. The predicted octanol–water partition coefficient (Wildman–Crippen LogP) is -0.323. The number of aromatic nitrogens is 2. The summed E-state index contributed by atoms with van der Waals surface area (Å²) in [6.45, 7) is 14.6. The van der Waals surface area contributed by atoms with E-state index in [1.807, 2.05) is 18.2 Å². The first-order valence-corrected chi connectivity index (χ1v) is 9.93. The molecule has 0 bridgehead atoms. The zero-order valence-corrected chi connectivity index (χ0v) is 16.5. The summed E-state index contributed by atoms with van der Waals surface area (Å²) in [6.07, 6.45) is 2.08. The van der Waals surface area contributed by atoms with Crippen LogP contribution in [0.15, 0.2) is 24.4 Å². The zero-order valence-electron chi connectivity index (χ0n) is 14.8. The van der Waals surface area contributed by atoms with Gasteiger partial charge in [-0.3, -0.25) is 4.40 Å². The van der Waals surface area contributed by atoms with Gasteiger partial charge in [0.05, 0.1) is 0 Å². The van der Waals surface area contributed by atoms with Gasteiger partial charge in [-0.1, -0.05) is 6.07 Å². The molecule has 0 fully saturated rings. The Morgan fingerprint density at radius 2 is 1.57 bits per heavy atom. The van der Waals surface area contributed by atoms with E-state index in [1.165, 1.54) is 5.44 Å². The Labute approximate surface area is 146 Å². The Hall–Kier alpha value is -0.710. The Bertz CT molecular complexity index is 610. The Kier molecular flexibility index (Phi) is 7.43. The highest BCUT2D eigenvalue weighted by Gasteiger charge is 2.51. The van der Waals surface area contributed by atoms with Gasteiger partial charge in [-0.2, -0.15) is 5.50 Å². The summed E-state index contributed by atoms with van der Waals surface area (Å²) in [5.41, 5.74) is 10.4. The second-order valence-electron chi connectivity index (χ2n) is 5.38. The number of nitrogens with zero attached hydrogens (tertiary/aromatic N) is 4. The average molecular weight is 358 g/mol. The third-order valence-electron chi connectivity index (χ3n) is 4.31. The Morgan fingerprint density at radius 3 is 2.04 bits per heavy atom. The van der Waals surface area contributed by atoms with E-state index in [4.69, 9.17) is 10.5 Å². The number of fused-ring (bicyclic) bond motifs is 1. The molecule has 0 saturated carbocycles. The van der Waals surface area contributed by atoms with Gasteiger partial charge in [0.2, 0.25) is 5.44 Å². The largest absolute Gasteiger partial charge is 1.00 e. The maximum absolute atomic E-state index is 7.16. The van der Waals surface area contributed by atoms with Crippen LogP contribution < -0.4 is 23.3 Å². The molecule has 0 radical (unpaired) electrons. The van der Waals surface area contributed by atoms with Crippen molar-refractivity contribution in [3.05, 3.63) is 30.1 Å². The van der Waals surface area contributed by atoms with E-state index in [0.717, 1.165) is 37.5 Å². The number of halogens is 1. The number of hydrogen-bond acceptors (Lipinski definition) is 4. The van der Waals surface area contributed by atoms with Crippen molar-refractivity contribution >= 4 is 18.8 Å². The normalized spacial score (nSPS) is 12.2. The molecule has 0 aliphatic heterocycles. The molecule has 7 heteroatoms. The molecule has 0 aliphatic carbocycles. The SMILES string of the molecule is CCN(CC)[P+](N)(c1c(C)nc2ccccn12)N(CC)CC.[Cl-]. The monoisotopic (exact) mass is 357 g/mol. The fourth-order valence-corrected chi connectivity index (χ4v) is 6.88. The predicted molar refractivity (Wildman–Crippen MR) is 96.5 cm³/mol. The van der Waals surface area contributed by atoms with Crippen LogP contribution >= 0.6 is 7.71 Å². The van der Waals surface area contributed by atoms with Gasteiger partial charge >= 0.3 is 0 Å². The van der Waals surface area contributed by atoms with Gasteiger partial charge < -0.3 is 12.4 Å². The topological polar surface area (TPSA) is 49.8 Å². The van der Waals surface area contributed by atoms with Crippen LogP contribution in [0, 0.1) is 6.92 Å². The fraction of sp³-hybridized carbons (Fsp3) is 0.562. The van der Waals surface area contributed by atoms with Crippen LogP contribution in [0.25, 0.3) is 5.65 Å². The second-order valence-corrected chi connectivity index (χ2v) is 8.23. The Morgan fingerprint density at radius 1 is 1.04 bits per heavy atom. The first kappa shape index (κ1) is 20.3. The molecule has 5 nitrogen and oxygen atoms in total. The minimum Gasteiger partial charge on any atom is -1.00 e. The zero-order chi connectivity index (χ0) is 16.3. The van der Waals surface area contributed by atoms with E-state index < -0.39 is 7.71 Å². The summed E-state index contributed by atoms with van der Waals surface area (Å²) < 4.78 is 7.02. The van der Waals surface area contributed by atoms with Crippen molar-refractivity contribution in [1.29, 1.82) is 0 Å². The summed E-state index contributed by atoms with van der Waals surface area (Å²) >= 11 is 0. The maximum Gasteiger partial charge on any atom is 0.276 e. The van der Waals surface area contributed by atoms with Crippen molar-refractivity contribution in [1.82, 2.24) is 18.7 Å². The number of pyridine rings is 1. The molecule has 2 N–H and O–H groups in total. The lowest BCUT2D eigenvalue weighted by Crippen LogP contribution is -3.00. The van der Waals surface area contributed by atoms with Gasteiger partial charge in [0.25, 0.3) is 7.71 Å². The molecule has 23 heavy (non-hydrogen) atoms. The standard InChI is InChI=1S/C16H29N5P.ClH/c1-6-19(7-2)22(17,20(8-3)9-4)16-14(5)18-15-12-10-11-13-21(15)16;/h10-13H,6-9,17H2,1-5H3;1H/q+1;/p-1. The van der Waals surface area contributed by atoms with E-state index in [-0.39, 0.29) is 12.4 Å². The third kappa shape index (κ3) is 3.40. The van der Waals surface area contributed by atoms with Gasteiger partial charge in [0, 0.05) is 32.4 Å². The van der Waals surface area contributed by atoms with Crippen molar-refractivity contribution in [2.75, 3.05) is 26.2 Å². The summed E-state index contributed by atoms with van der Waals surface area (Å²) in [7, 11) is -2.11. The lowest BCUT2D eigenvalue weighted by atomic mass is 10.5. The highest BCUT2D eigenvalue weighted by Crippen LogP contribution is 2.56. The molecular weight excluding hydrogens is 329 g/mol. The molecule has 0 aromatic carbocycles. The third-order valence-corrected chi connectivity index (χ3v) is 8.33. The quantitative estimate of drug-likeness (QED) is 0.690. The smallest absolute Gasteiger partial charge is 0.276 e. The molecule has 130 valence electrons. The van der Waals surface area contributed by atoms with Crippen LogP contribution in [0.3, 0.4) is 0 Å². The molecule has 2 aromatic heterocycles. The van der Waals surface area contributed by atoms with Crippen LogP contribution in [0.2, 0.25) is 0 Å². The number of rotatable bonds is 7. The van der Waals surface area contributed by atoms with Crippen LogP contribution in [-0.4, -0.2) is 44.9 Å². The van der Waals surface area contributed by atoms with Crippen molar-refractivity contribution < 1.29 is 12.4 Å². The molecule has 0 aliphatic rings. The molecule has 2 heterocycles. The van der Waals surface area contributed by atoms with E-state index in [1.54, 1.807) is 0 Å². The molecule has 2 aromatic rings. The summed E-state index contributed by atoms with van der Waals surface area (Å²) in [5, 5.41) is 0. The summed E-state index contributed by atoms with van der Waals surface area (Å²) in [5.74, 6) is 0. The first-order valence-electron chi connectivity index (χ1n) is 8.17. The molecule has 0 unspecified atom stereocenters. The van der Waals surface area contributed by atoms with E-state index >= 15 is 0 Å². The van der Waals surface area contributed by atoms with Gasteiger partial charge in [-0.25, -0.2) is 4.98 Å². The maximum atomic E-state index is 7.16. The molecule has 0 atom stereocenters. The van der Waals surface area contributed by atoms with Gasteiger partial charge in [0.1, 0.15) is 11.3 Å². The highest BCUT2D eigenvalue weighted by molar-refractivity contribution is 7.76. The molecule has 0 spiro atoms. The van der Waals surface area contributed by atoms with E-state index in [2.05, 4.69) is 54.6 Å². The molecule has 0 amide bonds. The van der Waals surface area contributed by atoms with Crippen LogP contribution in [0.5, 0.6) is 0 Å². The number of nitrogens with two attached hydrogens (primary N) is 1. The van der Waals surface area contributed by atoms with Crippen LogP contribution in [0.4, 0.5) is 0 Å². The van der Waals surface area contributed by atoms with Crippen molar-refractivity contribution in [2.45, 2.75) is 34.6 Å². The molecule has 2 rings (SSSR count). The highest BCUT2D eigenvalue weighted by atomic mass is 35.5. The van der Waals surface area contributed by atoms with Crippen LogP contribution in [-0.2, 0) is 0 Å². The van der Waals surface area contributed by atoms with Gasteiger partial charge in [0.15, 0.2) is 0 Å². The molecule has 0 saturated heterocycles. The lowest BCUT2D eigenvalue weighted by molar-refractivity contribution is -0.00000540. The summed E-state index contributed by atoms with van der Waals surface area (Å²) in [6, 6.07) is 6.12. The fourth-order valence-electron chi connectivity index (χ4n) is 3.25.